The number of halogens is 3. The molecule has 1 rings (SSSR count). The Labute approximate surface area is 80.1 Å². The third kappa shape index (κ3) is 3.83. The number of furan rings is 1. The number of alkyl halides is 3. The first-order valence-corrected chi connectivity index (χ1v) is 4.32. The van der Waals surface area contributed by atoms with Crippen molar-refractivity contribution < 1.29 is 17.6 Å². The van der Waals surface area contributed by atoms with Crippen LogP contribution in [0, 0.1) is 0 Å². The van der Waals surface area contributed by atoms with E-state index in [1.165, 1.54) is 6.26 Å². The third-order valence-electron chi connectivity index (χ3n) is 1.83. The van der Waals surface area contributed by atoms with Crippen molar-refractivity contribution >= 4 is 0 Å². The minimum absolute atomic E-state index is 0.0919. The van der Waals surface area contributed by atoms with Gasteiger partial charge < -0.3 is 9.73 Å². The van der Waals surface area contributed by atoms with E-state index in [2.05, 4.69) is 5.32 Å². The smallest absolute Gasteiger partial charge is 0.390 e. The standard InChI is InChI=1S/C9H12F3NO/c1-7(8-3-2-6-14-8)13-5-4-9(10,11)12/h2-3,6-7,13H,4-5H2,1H3/t7-/m0/s1. The van der Waals surface area contributed by atoms with Gasteiger partial charge in [0.25, 0.3) is 0 Å². The molecule has 0 aromatic carbocycles. The van der Waals surface area contributed by atoms with E-state index in [0.29, 0.717) is 5.76 Å². The highest BCUT2D eigenvalue weighted by atomic mass is 19.4. The maximum Gasteiger partial charge on any atom is 0.390 e. The highest BCUT2D eigenvalue weighted by Crippen LogP contribution is 2.19. The lowest BCUT2D eigenvalue weighted by atomic mass is 10.2. The summed E-state index contributed by atoms with van der Waals surface area (Å²) in [6.45, 7) is 1.67. The largest absolute Gasteiger partial charge is 0.468 e. The van der Waals surface area contributed by atoms with Gasteiger partial charge in [-0.2, -0.15) is 13.2 Å². The number of nitrogens with one attached hydrogen (secondary N) is 1. The van der Waals surface area contributed by atoms with Crippen LogP contribution in [0.1, 0.15) is 25.1 Å². The van der Waals surface area contributed by atoms with Gasteiger partial charge in [-0.25, -0.2) is 0 Å². The molecule has 1 heterocycles. The van der Waals surface area contributed by atoms with E-state index in [-0.39, 0.29) is 12.6 Å². The van der Waals surface area contributed by atoms with Crippen LogP contribution in [0.25, 0.3) is 0 Å². The van der Waals surface area contributed by atoms with Crippen LogP contribution in [0.2, 0.25) is 0 Å². The Morgan fingerprint density at radius 3 is 2.71 bits per heavy atom. The number of rotatable bonds is 4. The zero-order valence-electron chi connectivity index (χ0n) is 7.77. The maximum absolute atomic E-state index is 11.8. The third-order valence-corrected chi connectivity index (χ3v) is 1.83. The topological polar surface area (TPSA) is 25.2 Å². The van der Waals surface area contributed by atoms with Crippen molar-refractivity contribution in [3.63, 3.8) is 0 Å². The summed E-state index contributed by atoms with van der Waals surface area (Å²) >= 11 is 0. The van der Waals surface area contributed by atoms with E-state index >= 15 is 0 Å². The molecule has 0 aliphatic heterocycles. The SMILES string of the molecule is C[C@H](NCCC(F)(F)F)c1ccco1. The van der Waals surface area contributed by atoms with E-state index in [1.54, 1.807) is 19.1 Å². The summed E-state index contributed by atoms with van der Waals surface area (Å²) < 4.78 is 40.4. The van der Waals surface area contributed by atoms with Crippen LogP contribution in [-0.4, -0.2) is 12.7 Å². The quantitative estimate of drug-likeness (QED) is 0.821. The van der Waals surface area contributed by atoms with Gasteiger partial charge in [0.05, 0.1) is 18.7 Å². The van der Waals surface area contributed by atoms with Gasteiger partial charge in [0.2, 0.25) is 0 Å². The molecule has 0 bridgehead atoms. The summed E-state index contributed by atoms with van der Waals surface area (Å²) in [5.74, 6) is 0.646. The van der Waals surface area contributed by atoms with Crippen LogP contribution in [0.5, 0.6) is 0 Å². The summed E-state index contributed by atoms with van der Waals surface area (Å²) in [7, 11) is 0. The van der Waals surface area contributed by atoms with Gasteiger partial charge in [-0.1, -0.05) is 0 Å². The lowest BCUT2D eigenvalue weighted by molar-refractivity contribution is -0.133. The molecule has 0 radical (unpaired) electrons. The van der Waals surface area contributed by atoms with Gasteiger partial charge in [0.1, 0.15) is 5.76 Å². The fraction of sp³-hybridized carbons (Fsp3) is 0.556. The molecule has 0 spiro atoms. The molecule has 0 saturated heterocycles. The predicted octanol–water partition coefficient (Wildman–Crippen LogP) is 2.88. The zero-order valence-corrected chi connectivity index (χ0v) is 7.77. The van der Waals surface area contributed by atoms with Crippen LogP contribution in [0.15, 0.2) is 22.8 Å². The fourth-order valence-electron chi connectivity index (χ4n) is 1.07. The van der Waals surface area contributed by atoms with Gasteiger partial charge in [-0.15, -0.1) is 0 Å². The molecule has 0 amide bonds. The molecule has 0 fully saturated rings. The van der Waals surface area contributed by atoms with Gasteiger partial charge in [-0.3, -0.25) is 0 Å². The average Bonchev–Trinajstić information content (AvgIpc) is 2.53. The van der Waals surface area contributed by atoms with Gasteiger partial charge in [0.15, 0.2) is 0 Å². The Kier molecular flexibility index (Phi) is 3.57. The summed E-state index contributed by atoms with van der Waals surface area (Å²) in [5, 5.41) is 2.73. The van der Waals surface area contributed by atoms with Gasteiger partial charge in [-0.05, 0) is 19.1 Å². The van der Waals surface area contributed by atoms with Crippen LogP contribution < -0.4 is 5.32 Å². The normalized spacial score (nSPS) is 14.3. The molecule has 1 N–H and O–H groups in total. The Balaban J connectivity index is 2.26. The van der Waals surface area contributed by atoms with Crippen molar-refractivity contribution in [2.75, 3.05) is 6.54 Å². The van der Waals surface area contributed by atoms with Crippen molar-refractivity contribution in [2.45, 2.75) is 25.6 Å². The van der Waals surface area contributed by atoms with E-state index in [9.17, 15) is 13.2 Å². The number of hydrogen-bond donors (Lipinski definition) is 1. The van der Waals surface area contributed by atoms with Crippen LogP contribution in [0.4, 0.5) is 13.2 Å². The van der Waals surface area contributed by atoms with Crippen molar-refractivity contribution in [3.8, 4) is 0 Å². The molecule has 1 aromatic heterocycles. The zero-order chi connectivity index (χ0) is 10.6. The van der Waals surface area contributed by atoms with E-state index < -0.39 is 12.6 Å². The van der Waals surface area contributed by atoms with Gasteiger partial charge >= 0.3 is 6.18 Å². The highest BCUT2D eigenvalue weighted by Gasteiger charge is 2.26. The minimum atomic E-state index is -4.10. The average molecular weight is 207 g/mol. The first-order chi connectivity index (χ1) is 6.49. The number of hydrogen-bond acceptors (Lipinski definition) is 2. The summed E-state index contributed by atoms with van der Waals surface area (Å²) in [5.41, 5.74) is 0. The van der Waals surface area contributed by atoms with E-state index in [0.717, 1.165) is 0 Å². The van der Waals surface area contributed by atoms with Crippen LogP contribution in [0.3, 0.4) is 0 Å². The Bertz CT molecular complexity index is 256. The molecule has 0 aliphatic carbocycles. The molecule has 0 aliphatic rings. The van der Waals surface area contributed by atoms with Gasteiger partial charge in [0, 0.05) is 6.54 Å². The molecule has 5 heteroatoms. The lowest BCUT2D eigenvalue weighted by Crippen LogP contribution is -2.24. The van der Waals surface area contributed by atoms with E-state index in [1.807, 2.05) is 0 Å². The van der Waals surface area contributed by atoms with Crippen molar-refractivity contribution in [2.24, 2.45) is 0 Å². The predicted molar refractivity (Wildman–Crippen MR) is 45.8 cm³/mol. The molecule has 14 heavy (non-hydrogen) atoms. The molecule has 1 aromatic rings. The Morgan fingerprint density at radius 1 is 1.50 bits per heavy atom. The molecule has 2 nitrogen and oxygen atoms in total. The van der Waals surface area contributed by atoms with Crippen molar-refractivity contribution in [1.82, 2.24) is 5.32 Å². The lowest BCUT2D eigenvalue weighted by Gasteiger charge is -2.12. The fourth-order valence-corrected chi connectivity index (χ4v) is 1.07. The summed E-state index contributed by atoms with van der Waals surface area (Å²) in [6, 6.07) is 3.25. The minimum Gasteiger partial charge on any atom is -0.468 e. The molecule has 80 valence electrons. The van der Waals surface area contributed by atoms with E-state index in [4.69, 9.17) is 4.42 Å². The molecule has 0 saturated carbocycles. The summed E-state index contributed by atoms with van der Waals surface area (Å²) in [4.78, 5) is 0. The van der Waals surface area contributed by atoms with Crippen LogP contribution >= 0.6 is 0 Å². The molecular weight excluding hydrogens is 195 g/mol. The Hall–Kier alpha value is -0.970. The summed E-state index contributed by atoms with van der Waals surface area (Å²) in [6.07, 6.45) is -3.43. The highest BCUT2D eigenvalue weighted by molar-refractivity contribution is 5.02. The first kappa shape index (κ1) is 11.1. The van der Waals surface area contributed by atoms with Crippen molar-refractivity contribution in [3.05, 3.63) is 24.2 Å². The van der Waals surface area contributed by atoms with Crippen molar-refractivity contribution in [1.29, 1.82) is 0 Å². The second-order valence-corrected chi connectivity index (χ2v) is 3.06. The monoisotopic (exact) mass is 207 g/mol. The maximum atomic E-state index is 11.8. The second-order valence-electron chi connectivity index (χ2n) is 3.06. The van der Waals surface area contributed by atoms with Crippen LogP contribution in [-0.2, 0) is 0 Å². The second kappa shape index (κ2) is 4.50. The Morgan fingerprint density at radius 2 is 2.21 bits per heavy atom. The first-order valence-electron chi connectivity index (χ1n) is 4.32. The molecule has 0 unspecified atom stereocenters. The molecule has 1 atom stereocenters. The molecular formula is C9H12F3NO.